The standard InChI is InChI=1S/C17H22FNO2/c1-3-10-19(11-4-2)17(21)16-13-15(18)9-8-14(16)7-5-6-12-20/h8-9,13,20H,3-4,6,10-12H2,1-2H3. The van der Waals surface area contributed by atoms with Crippen molar-refractivity contribution in [2.75, 3.05) is 19.7 Å². The summed E-state index contributed by atoms with van der Waals surface area (Å²) in [5.74, 6) is 4.98. The second-order valence-corrected chi connectivity index (χ2v) is 4.76. The molecule has 3 nitrogen and oxygen atoms in total. The lowest BCUT2D eigenvalue weighted by Crippen LogP contribution is -2.33. The lowest BCUT2D eigenvalue weighted by molar-refractivity contribution is 0.0755. The van der Waals surface area contributed by atoms with E-state index in [9.17, 15) is 9.18 Å². The van der Waals surface area contributed by atoms with E-state index < -0.39 is 5.82 Å². The number of aliphatic hydroxyl groups is 1. The molecule has 1 amide bonds. The van der Waals surface area contributed by atoms with E-state index in [1.54, 1.807) is 4.90 Å². The van der Waals surface area contributed by atoms with Crippen LogP contribution in [-0.2, 0) is 0 Å². The van der Waals surface area contributed by atoms with E-state index in [0.29, 0.717) is 30.6 Å². The number of amides is 1. The minimum absolute atomic E-state index is 0.0325. The Labute approximate surface area is 125 Å². The van der Waals surface area contributed by atoms with Crippen LogP contribution in [0.4, 0.5) is 4.39 Å². The molecule has 0 spiro atoms. The van der Waals surface area contributed by atoms with Crippen molar-refractivity contribution in [3.8, 4) is 11.8 Å². The highest BCUT2D eigenvalue weighted by Gasteiger charge is 2.17. The zero-order valence-corrected chi connectivity index (χ0v) is 12.7. The number of nitrogens with zero attached hydrogens (tertiary/aromatic N) is 1. The molecule has 0 atom stereocenters. The zero-order chi connectivity index (χ0) is 15.7. The van der Waals surface area contributed by atoms with Crippen molar-refractivity contribution in [1.82, 2.24) is 4.90 Å². The van der Waals surface area contributed by atoms with Crippen LogP contribution >= 0.6 is 0 Å². The molecular weight excluding hydrogens is 269 g/mol. The zero-order valence-electron chi connectivity index (χ0n) is 12.7. The fourth-order valence-electron chi connectivity index (χ4n) is 2.04. The van der Waals surface area contributed by atoms with Gasteiger partial charge in [0.25, 0.3) is 5.91 Å². The van der Waals surface area contributed by atoms with Gasteiger partial charge in [-0.25, -0.2) is 4.39 Å². The Morgan fingerprint density at radius 3 is 2.52 bits per heavy atom. The first-order valence-electron chi connectivity index (χ1n) is 7.32. The molecule has 1 N–H and O–H groups in total. The van der Waals surface area contributed by atoms with Crippen molar-refractivity contribution < 1.29 is 14.3 Å². The Hall–Kier alpha value is -1.86. The van der Waals surface area contributed by atoms with E-state index in [4.69, 9.17) is 5.11 Å². The maximum absolute atomic E-state index is 13.5. The fourth-order valence-corrected chi connectivity index (χ4v) is 2.04. The van der Waals surface area contributed by atoms with Crippen LogP contribution in [0.2, 0.25) is 0 Å². The number of rotatable bonds is 6. The van der Waals surface area contributed by atoms with E-state index in [-0.39, 0.29) is 12.5 Å². The van der Waals surface area contributed by atoms with Crippen LogP contribution in [0.15, 0.2) is 18.2 Å². The van der Waals surface area contributed by atoms with Crippen LogP contribution < -0.4 is 0 Å². The first-order chi connectivity index (χ1) is 10.1. The smallest absolute Gasteiger partial charge is 0.255 e. The Bertz CT molecular complexity index is 525. The normalized spacial score (nSPS) is 9.90. The molecule has 0 bridgehead atoms. The quantitative estimate of drug-likeness (QED) is 0.819. The van der Waals surface area contributed by atoms with Crippen molar-refractivity contribution in [1.29, 1.82) is 0 Å². The van der Waals surface area contributed by atoms with Gasteiger partial charge in [0.2, 0.25) is 0 Å². The minimum Gasteiger partial charge on any atom is -0.395 e. The molecule has 0 aliphatic carbocycles. The van der Waals surface area contributed by atoms with Gasteiger partial charge in [0.15, 0.2) is 0 Å². The van der Waals surface area contributed by atoms with Crippen LogP contribution in [0.3, 0.4) is 0 Å². The van der Waals surface area contributed by atoms with Gasteiger partial charge in [-0.15, -0.1) is 0 Å². The average molecular weight is 291 g/mol. The summed E-state index contributed by atoms with van der Waals surface area (Å²) in [5, 5.41) is 8.76. The lowest BCUT2D eigenvalue weighted by atomic mass is 10.1. The largest absolute Gasteiger partial charge is 0.395 e. The highest BCUT2D eigenvalue weighted by atomic mass is 19.1. The van der Waals surface area contributed by atoms with Gasteiger partial charge in [-0.3, -0.25) is 4.79 Å². The number of carbonyl (C=O) groups is 1. The molecule has 21 heavy (non-hydrogen) atoms. The summed E-state index contributed by atoms with van der Waals surface area (Å²) in [5.41, 5.74) is 0.800. The van der Waals surface area contributed by atoms with Crippen molar-refractivity contribution in [2.45, 2.75) is 33.1 Å². The predicted octanol–water partition coefficient (Wildman–Crippen LogP) is 2.82. The van der Waals surface area contributed by atoms with Gasteiger partial charge in [-0.1, -0.05) is 25.7 Å². The van der Waals surface area contributed by atoms with Crippen LogP contribution in [0.25, 0.3) is 0 Å². The van der Waals surface area contributed by atoms with E-state index in [1.807, 2.05) is 13.8 Å². The van der Waals surface area contributed by atoms with Gasteiger partial charge >= 0.3 is 0 Å². The molecule has 1 aromatic carbocycles. The van der Waals surface area contributed by atoms with Crippen LogP contribution in [0, 0.1) is 17.7 Å². The van der Waals surface area contributed by atoms with Crippen molar-refractivity contribution in [2.24, 2.45) is 0 Å². The Morgan fingerprint density at radius 2 is 1.95 bits per heavy atom. The third kappa shape index (κ3) is 5.20. The summed E-state index contributed by atoms with van der Waals surface area (Å²) in [7, 11) is 0. The van der Waals surface area contributed by atoms with Crippen LogP contribution in [0.1, 0.15) is 49.0 Å². The molecule has 1 rings (SSSR count). The van der Waals surface area contributed by atoms with E-state index >= 15 is 0 Å². The second-order valence-electron chi connectivity index (χ2n) is 4.76. The molecule has 1 aromatic rings. The first kappa shape index (κ1) is 17.2. The van der Waals surface area contributed by atoms with Gasteiger partial charge in [0.1, 0.15) is 5.82 Å². The van der Waals surface area contributed by atoms with Gasteiger partial charge in [-0.2, -0.15) is 0 Å². The molecule has 0 aliphatic rings. The van der Waals surface area contributed by atoms with E-state index in [0.717, 1.165) is 12.8 Å². The number of carbonyl (C=O) groups excluding carboxylic acids is 1. The number of benzene rings is 1. The molecule has 0 heterocycles. The monoisotopic (exact) mass is 291 g/mol. The maximum Gasteiger partial charge on any atom is 0.255 e. The second kappa shape index (κ2) is 9.15. The van der Waals surface area contributed by atoms with E-state index in [2.05, 4.69) is 11.8 Å². The topological polar surface area (TPSA) is 40.5 Å². The van der Waals surface area contributed by atoms with Crippen molar-refractivity contribution in [3.63, 3.8) is 0 Å². The third-order valence-corrected chi connectivity index (χ3v) is 2.95. The molecule has 0 radical (unpaired) electrons. The Balaban J connectivity index is 3.11. The molecule has 0 aromatic heterocycles. The molecule has 4 heteroatoms. The number of halogens is 1. The minimum atomic E-state index is -0.445. The summed E-state index contributed by atoms with van der Waals surface area (Å²) < 4.78 is 13.5. The lowest BCUT2D eigenvalue weighted by Gasteiger charge is -2.22. The summed E-state index contributed by atoms with van der Waals surface area (Å²) in [6.07, 6.45) is 2.04. The molecule has 0 unspecified atom stereocenters. The van der Waals surface area contributed by atoms with E-state index in [1.165, 1.54) is 18.2 Å². The third-order valence-electron chi connectivity index (χ3n) is 2.95. The van der Waals surface area contributed by atoms with Crippen molar-refractivity contribution in [3.05, 3.63) is 35.1 Å². The summed E-state index contributed by atoms with van der Waals surface area (Å²) in [6, 6.07) is 4.05. The van der Waals surface area contributed by atoms with Gasteiger partial charge in [0, 0.05) is 25.1 Å². The highest BCUT2D eigenvalue weighted by molar-refractivity contribution is 5.96. The van der Waals surface area contributed by atoms with Gasteiger partial charge < -0.3 is 10.0 Å². The van der Waals surface area contributed by atoms with Gasteiger partial charge in [-0.05, 0) is 31.0 Å². The number of hydrogen-bond acceptors (Lipinski definition) is 2. The molecular formula is C17H22FNO2. The van der Waals surface area contributed by atoms with Crippen LogP contribution in [0.5, 0.6) is 0 Å². The summed E-state index contributed by atoms with van der Waals surface area (Å²) in [6.45, 7) is 5.27. The van der Waals surface area contributed by atoms with Gasteiger partial charge in [0.05, 0.1) is 12.2 Å². The van der Waals surface area contributed by atoms with Crippen molar-refractivity contribution >= 4 is 5.91 Å². The highest BCUT2D eigenvalue weighted by Crippen LogP contribution is 2.14. The summed E-state index contributed by atoms with van der Waals surface area (Å²) >= 11 is 0. The molecule has 114 valence electrons. The molecule has 0 aliphatic heterocycles. The fraction of sp³-hybridized carbons (Fsp3) is 0.471. The Kier molecular flexibility index (Phi) is 7.49. The Morgan fingerprint density at radius 1 is 1.29 bits per heavy atom. The molecule has 0 saturated carbocycles. The SMILES string of the molecule is CCCN(CCC)C(=O)c1cc(F)ccc1C#CCCO. The number of aliphatic hydroxyl groups excluding tert-OH is 1. The molecule has 0 fully saturated rings. The van der Waals surface area contributed by atoms with Crippen LogP contribution in [-0.4, -0.2) is 35.6 Å². The first-order valence-corrected chi connectivity index (χ1v) is 7.32. The molecule has 0 saturated heterocycles. The number of hydrogen-bond donors (Lipinski definition) is 1. The average Bonchev–Trinajstić information content (AvgIpc) is 2.48. The summed E-state index contributed by atoms with van der Waals surface area (Å²) in [4.78, 5) is 14.3. The predicted molar refractivity (Wildman–Crippen MR) is 81.5 cm³/mol. The maximum atomic E-state index is 13.5.